The van der Waals surface area contributed by atoms with Crippen LogP contribution in [-0.2, 0) is 0 Å². The highest BCUT2D eigenvalue weighted by atomic mass is 16.5. The number of quaternary nitrogens is 1. The summed E-state index contributed by atoms with van der Waals surface area (Å²) in [5.41, 5.74) is 0.433. The van der Waals surface area contributed by atoms with Crippen LogP contribution in [0.3, 0.4) is 0 Å². The zero-order chi connectivity index (χ0) is 14.5. The lowest BCUT2D eigenvalue weighted by atomic mass is 10.2. The molecular formula is C14H22N2O3. The Labute approximate surface area is 114 Å². The van der Waals surface area contributed by atoms with E-state index in [0.717, 1.165) is 0 Å². The first-order chi connectivity index (χ1) is 8.89. The lowest BCUT2D eigenvalue weighted by Crippen LogP contribution is -2.43. The number of hydrogen-bond acceptors (Lipinski definition) is 4. The van der Waals surface area contributed by atoms with Crippen molar-refractivity contribution in [2.45, 2.75) is 19.4 Å². The van der Waals surface area contributed by atoms with Crippen LogP contribution in [0, 0.1) is 0 Å². The monoisotopic (exact) mass is 266 g/mol. The van der Waals surface area contributed by atoms with Gasteiger partial charge in [0.2, 0.25) is 0 Å². The first kappa shape index (κ1) is 15.5. The third kappa shape index (κ3) is 4.54. The van der Waals surface area contributed by atoms with Crippen LogP contribution in [0.15, 0.2) is 29.4 Å². The van der Waals surface area contributed by atoms with Crippen LogP contribution in [0.4, 0.5) is 0 Å². The van der Waals surface area contributed by atoms with Crippen molar-refractivity contribution in [3.05, 3.63) is 29.8 Å². The second kappa shape index (κ2) is 6.54. The molecule has 0 aromatic heterocycles. The highest BCUT2D eigenvalue weighted by Gasteiger charge is 2.19. The Morgan fingerprint density at radius 1 is 1.42 bits per heavy atom. The normalized spacial score (nSPS) is 14.3. The molecule has 106 valence electrons. The van der Waals surface area contributed by atoms with Crippen LogP contribution in [0.25, 0.3) is 0 Å². The summed E-state index contributed by atoms with van der Waals surface area (Å²) in [6.07, 6.45) is 0.171. The number of methoxy groups -OCH3 is 1. The Morgan fingerprint density at radius 2 is 2.05 bits per heavy atom. The van der Waals surface area contributed by atoms with E-state index in [0.29, 0.717) is 24.3 Å². The van der Waals surface area contributed by atoms with Gasteiger partial charge in [0.25, 0.3) is 0 Å². The van der Waals surface area contributed by atoms with Gasteiger partial charge in [0.15, 0.2) is 0 Å². The number of likely N-dealkylation sites (N-methyl/N-ethyl adjacent to an activating group) is 1. The lowest BCUT2D eigenvalue weighted by molar-refractivity contribution is -0.901. The summed E-state index contributed by atoms with van der Waals surface area (Å²) >= 11 is 0. The number of rotatable bonds is 6. The molecule has 0 radical (unpaired) electrons. The number of aliphatic hydroxyl groups is 1. The van der Waals surface area contributed by atoms with E-state index in [2.05, 4.69) is 5.10 Å². The van der Waals surface area contributed by atoms with E-state index in [4.69, 9.17) is 4.74 Å². The fourth-order valence-corrected chi connectivity index (χ4v) is 1.81. The third-order valence-corrected chi connectivity index (χ3v) is 2.83. The van der Waals surface area contributed by atoms with Crippen LogP contribution in [0.2, 0.25) is 0 Å². The molecule has 1 aromatic rings. The predicted molar refractivity (Wildman–Crippen MR) is 72.8 cm³/mol. The van der Waals surface area contributed by atoms with Gasteiger partial charge in [0.1, 0.15) is 18.4 Å². The summed E-state index contributed by atoms with van der Waals surface area (Å²) in [5.74, 6) is 0.165. The van der Waals surface area contributed by atoms with E-state index in [1.165, 1.54) is 7.11 Å². The quantitative estimate of drug-likeness (QED) is 0.354. The molecule has 0 bridgehead atoms. The van der Waals surface area contributed by atoms with Crippen LogP contribution in [0.1, 0.15) is 18.9 Å². The maximum Gasteiger partial charge on any atom is 0.129 e. The fraction of sp³-hybridized carbons (Fsp3) is 0.500. The van der Waals surface area contributed by atoms with Gasteiger partial charge in [-0.05, 0) is 12.5 Å². The Bertz CT molecular complexity index is 444. The number of nitrogens with zero attached hydrogens (tertiary/aromatic N) is 2. The summed E-state index contributed by atoms with van der Waals surface area (Å²) in [5, 5.41) is 26.0. The molecule has 1 atom stereocenters. The zero-order valence-electron chi connectivity index (χ0n) is 12.0. The summed E-state index contributed by atoms with van der Waals surface area (Å²) < 4.78 is 5.24. The van der Waals surface area contributed by atoms with E-state index in [-0.39, 0.29) is 10.5 Å². The van der Waals surface area contributed by atoms with Gasteiger partial charge in [0, 0.05) is 5.56 Å². The average molecular weight is 266 g/mol. The second-order valence-electron chi connectivity index (χ2n) is 4.97. The molecule has 0 aliphatic rings. The van der Waals surface area contributed by atoms with Crippen molar-refractivity contribution in [3.63, 3.8) is 0 Å². The molecule has 0 spiro atoms. The largest absolute Gasteiger partial charge is 0.854 e. The molecule has 1 unspecified atom stereocenters. The molecule has 5 heteroatoms. The van der Waals surface area contributed by atoms with Crippen LogP contribution in [-0.4, -0.2) is 49.5 Å². The fourth-order valence-electron chi connectivity index (χ4n) is 1.81. The molecule has 5 nitrogen and oxygen atoms in total. The van der Waals surface area contributed by atoms with E-state index >= 15 is 0 Å². The van der Waals surface area contributed by atoms with Crippen LogP contribution in [0.5, 0.6) is 5.75 Å². The number of para-hydroxylation sites is 1. The summed E-state index contributed by atoms with van der Waals surface area (Å²) in [6.45, 7) is 2.30. The van der Waals surface area contributed by atoms with Crippen LogP contribution >= 0.6 is 0 Å². The number of aliphatic hydroxyl groups excluding tert-OH is 1. The van der Waals surface area contributed by atoms with E-state index < -0.39 is 6.10 Å². The predicted octanol–water partition coefficient (Wildman–Crippen LogP) is 0.564. The van der Waals surface area contributed by atoms with Crippen molar-refractivity contribution in [3.8, 4) is 5.75 Å². The summed E-state index contributed by atoms with van der Waals surface area (Å²) in [7, 11) is 5.09. The molecule has 1 rings (SSSR count). The Morgan fingerprint density at radius 3 is 2.63 bits per heavy atom. The molecule has 0 amide bonds. The minimum Gasteiger partial charge on any atom is -0.854 e. The minimum atomic E-state index is -0.468. The third-order valence-electron chi connectivity index (χ3n) is 2.83. The van der Waals surface area contributed by atoms with Gasteiger partial charge in [-0.3, -0.25) is 0 Å². The van der Waals surface area contributed by atoms with Gasteiger partial charge >= 0.3 is 0 Å². The van der Waals surface area contributed by atoms with Crippen molar-refractivity contribution in [1.29, 1.82) is 0 Å². The highest BCUT2D eigenvalue weighted by Crippen LogP contribution is 2.17. The van der Waals surface area contributed by atoms with E-state index in [1.807, 2.05) is 6.92 Å². The summed E-state index contributed by atoms with van der Waals surface area (Å²) in [4.78, 5) is 0. The Kier molecular flexibility index (Phi) is 5.32. The molecule has 0 aliphatic heterocycles. The summed E-state index contributed by atoms with van der Waals surface area (Å²) in [6, 6.07) is 6.98. The molecule has 19 heavy (non-hydrogen) atoms. The number of hydrogen-bond donors (Lipinski definition) is 1. The van der Waals surface area contributed by atoms with E-state index in [1.54, 1.807) is 38.4 Å². The van der Waals surface area contributed by atoms with E-state index in [9.17, 15) is 10.2 Å². The van der Waals surface area contributed by atoms with Gasteiger partial charge in [-0.15, -0.1) is 0 Å². The van der Waals surface area contributed by atoms with Crippen molar-refractivity contribution in [1.82, 2.24) is 0 Å². The van der Waals surface area contributed by atoms with Gasteiger partial charge in [0.05, 0.1) is 27.1 Å². The molecular weight excluding hydrogens is 244 g/mol. The van der Waals surface area contributed by atoms with Crippen molar-refractivity contribution >= 4 is 5.90 Å². The van der Waals surface area contributed by atoms with Crippen molar-refractivity contribution < 1.29 is 19.5 Å². The molecule has 0 fully saturated rings. The maximum atomic E-state index is 12.2. The van der Waals surface area contributed by atoms with Crippen molar-refractivity contribution in [2.75, 3.05) is 27.7 Å². The number of ether oxygens (including phenoxy) is 1. The molecule has 0 saturated carbocycles. The Hall–Kier alpha value is -1.59. The van der Waals surface area contributed by atoms with Gasteiger partial charge in [-0.1, -0.05) is 30.2 Å². The molecule has 1 N–H and O–H groups in total. The zero-order valence-corrected chi connectivity index (χ0v) is 12.0. The standard InChI is InChI=1S/C14H22N2O3/c1-5-11(17)10-16(2,3)15-14(18)12-8-6-7-9-13(12)19-4/h6-9,11,17H,5,10H2,1-4H3. The number of benzene rings is 1. The van der Waals surface area contributed by atoms with Crippen molar-refractivity contribution in [2.24, 2.45) is 5.10 Å². The van der Waals surface area contributed by atoms with Gasteiger partial charge < -0.3 is 14.9 Å². The molecule has 0 aliphatic carbocycles. The topological polar surface area (TPSA) is 64.9 Å². The lowest BCUT2D eigenvalue weighted by Gasteiger charge is -2.27. The average Bonchev–Trinajstić information content (AvgIpc) is 2.37. The smallest absolute Gasteiger partial charge is 0.129 e. The minimum absolute atomic E-state index is 0.0892. The SMILES string of the molecule is CCC(O)C[N+](C)(C)/N=C(\[O-])c1ccccc1OC. The van der Waals surface area contributed by atoms with Crippen LogP contribution < -0.4 is 9.84 Å². The second-order valence-corrected chi connectivity index (χ2v) is 4.97. The first-order valence-corrected chi connectivity index (χ1v) is 6.31. The van der Waals surface area contributed by atoms with Gasteiger partial charge in [-0.25, -0.2) is 4.59 Å². The molecule has 1 aromatic carbocycles. The molecule has 0 heterocycles. The van der Waals surface area contributed by atoms with Gasteiger partial charge in [-0.2, -0.15) is 0 Å². The maximum absolute atomic E-state index is 12.2. The first-order valence-electron chi connectivity index (χ1n) is 6.31. The Balaban J connectivity index is 2.97. The highest BCUT2D eigenvalue weighted by molar-refractivity contribution is 5.93. The molecule has 0 saturated heterocycles.